The molecule has 1 heterocycles. The Bertz CT molecular complexity index is 132. The summed E-state index contributed by atoms with van der Waals surface area (Å²) in [6, 6.07) is 0. The van der Waals surface area contributed by atoms with Crippen LogP contribution >= 0.6 is 0 Å². The van der Waals surface area contributed by atoms with Crippen LogP contribution in [0, 0.1) is 0 Å². The zero-order valence-corrected chi connectivity index (χ0v) is 7.71. The van der Waals surface area contributed by atoms with Crippen LogP contribution in [0.1, 0.15) is 19.8 Å². The average Bonchev–Trinajstić information content (AvgIpc) is 2.06. The Morgan fingerprint density at radius 2 is 2.08 bits per heavy atom. The summed E-state index contributed by atoms with van der Waals surface area (Å²) in [5.74, 6) is -1.09. The maximum absolute atomic E-state index is 9.82. The minimum absolute atomic E-state index is 0.646. The molecule has 0 aromatic heterocycles. The van der Waals surface area contributed by atoms with Gasteiger partial charge in [0.15, 0.2) is 5.85 Å². The number of piperazine rings is 1. The molecule has 1 rings (SSSR count). The minimum atomic E-state index is -1.09. The van der Waals surface area contributed by atoms with E-state index < -0.39 is 5.85 Å². The first-order chi connectivity index (χ1) is 5.67. The van der Waals surface area contributed by atoms with Gasteiger partial charge in [0, 0.05) is 32.6 Å². The van der Waals surface area contributed by atoms with E-state index in [2.05, 4.69) is 5.32 Å². The first-order valence-electron chi connectivity index (χ1n) is 4.64. The van der Waals surface area contributed by atoms with Gasteiger partial charge in [-0.1, -0.05) is 13.3 Å². The smallest absolute Gasteiger partial charge is 0.171 e. The Morgan fingerprint density at radius 1 is 1.50 bits per heavy atom. The lowest BCUT2D eigenvalue weighted by molar-refractivity contribution is -0.114. The normalized spacial score (nSPS) is 25.2. The number of nitrogens with two attached hydrogens (primary N) is 1. The molecule has 1 aliphatic rings. The summed E-state index contributed by atoms with van der Waals surface area (Å²) in [5.41, 5.74) is 5.76. The molecule has 4 N–H and O–H groups in total. The molecule has 0 spiro atoms. The fourth-order valence-electron chi connectivity index (χ4n) is 1.58. The van der Waals surface area contributed by atoms with Gasteiger partial charge in [-0.15, -0.1) is 0 Å². The summed E-state index contributed by atoms with van der Waals surface area (Å²) >= 11 is 0. The van der Waals surface area contributed by atoms with Gasteiger partial charge in [-0.3, -0.25) is 10.6 Å². The number of aliphatic hydroxyl groups is 1. The van der Waals surface area contributed by atoms with E-state index in [-0.39, 0.29) is 0 Å². The van der Waals surface area contributed by atoms with E-state index >= 15 is 0 Å². The first kappa shape index (κ1) is 9.92. The van der Waals surface area contributed by atoms with E-state index in [0.29, 0.717) is 6.42 Å². The van der Waals surface area contributed by atoms with Crippen molar-refractivity contribution in [2.24, 2.45) is 5.73 Å². The van der Waals surface area contributed by atoms with E-state index in [1.807, 2.05) is 11.8 Å². The zero-order chi connectivity index (χ0) is 9.03. The maximum atomic E-state index is 9.82. The van der Waals surface area contributed by atoms with E-state index in [0.717, 1.165) is 32.6 Å². The molecule has 12 heavy (non-hydrogen) atoms. The minimum Gasteiger partial charge on any atom is -0.363 e. The SMILES string of the molecule is CCCC(N)(O)N1CCNCC1. The molecular weight excluding hydrogens is 154 g/mol. The molecule has 72 valence electrons. The molecule has 0 aromatic carbocycles. The second kappa shape index (κ2) is 4.18. The molecular formula is C8H19N3O. The van der Waals surface area contributed by atoms with Crippen molar-refractivity contribution in [1.29, 1.82) is 0 Å². The van der Waals surface area contributed by atoms with E-state index in [4.69, 9.17) is 5.73 Å². The van der Waals surface area contributed by atoms with Crippen molar-refractivity contribution in [2.45, 2.75) is 25.6 Å². The van der Waals surface area contributed by atoms with Gasteiger partial charge in [0.1, 0.15) is 0 Å². The predicted molar refractivity (Wildman–Crippen MR) is 48.5 cm³/mol. The molecule has 1 saturated heterocycles. The van der Waals surface area contributed by atoms with Gasteiger partial charge in [-0.2, -0.15) is 0 Å². The largest absolute Gasteiger partial charge is 0.363 e. The lowest BCUT2D eigenvalue weighted by Gasteiger charge is -2.39. The molecule has 1 aliphatic heterocycles. The Hall–Kier alpha value is -0.160. The maximum Gasteiger partial charge on any atom is 0.171 e. The van der Waals surface area contributed by atoms with E-state index in [1.165, 1.54) is 0 Å². The standard InChI is InChI=1S/C8H19N3O/c1-2-3-8(9,12)11-6-4-10-5-7-11/h10,12H,2-7,9H2,1H3. The first-order valence-corrected chi connectivity index (χ1v) is 4.64. The van der Waals surface area contributed by atoms with Crippen LogP contribution in [-0.4, -0.2) is 42.0 Å². The molecule has 4 heteroatoms. The topological polar surface area (TPSA) is 61.5 Å². The summed E-state index contributed by atoms with van der Waals surface area (Å²) < 4.78 is 0. The van der Waals surface area contributed by atoms with E-state index in [9.17, 15) is 5.11 Å². The van der Waals surface area contributed by atoms with Crippen molar-refractivity contribution in [1.82, 2.24) is 10.2 Å². The van der Waals surface area contributed by atoms with Crippen molar-refractivity contribution >= 4 is 0 Å². The molecule has 1 unspecified atom stereocenters. The van der Waals surface area contributed by atoms with Gasteiger partial charge >= 0.3 is 0 Å². The number of nitrogens with zero attached hydrogens (tertiary/aromatic N) is 1. The molecule has 1 atom stereocenters. The summed E-state index contributed by atoms with van der Waals surface area (Å²) in [5, 5.41) is 13.0. The lowest BCUT2D eigenvalue weighted by atomic mass is 10.2. The number of hydrogen-bond acceptors (Lipinski definition) is 4. The fourth-order valence-corrected chi connectivity index (χ4v) is 1.58. The quantitative estimate of drug-likeness (QED) is 0.494. The highest BCUT2D eigenvalue weighted by Gasteiger charge is 2.29. The third kappa shape index (κ3) is 2.42. The summed E-state index contributed by atoms with van der Waals surface area (Å²) in [6.45, 7) is 5.55. The number of nitrogens with one attached hydrogen (secondary N) is 1. The van der Waals surface area contributed by atoms with Gasteiger partial charge in [0.05, 0.1) is 0 Å². The number of rotatable bonds is 3. The second-order valence-corrected chi connectivity index (χ2v) is 3.37. The van der Waals surface area contributed by atoms with Crippen LogP contribution in [0.4, 0.5) is 0 Å². The van der Waals surface area contributed by atoms with E-state index in [1.54, 1.807) is 0 Å². The van der Waals surface area contributed by atoms with Gasteiger partial charge in [-0.25, -0.2) is 0 Å². The lowest BCUT2D eigenvalue weighted by Crippen LogP contribution is -2.61. The van der Waals surface area contributed by atoms with Crippen molar-refractivity contribution in [3.63, 3.8) is 0 Å². The summed E-state index contributed by atoms with van der Waals surface area (Å²) in [7, 11) is 0. The molecule has 4 nitrogen and oxygen atoms in total. The van der Waals surface area contributed by atoms with Gasteiger partial charge in [-0.05, 0) is 0 Å². The Labute approximate surface area is 73.7 Å². The highest BCUT2D eigenvalue weighted by atomic mass is 16.3. The van der Waals surface area contributed by atoms with Gasteiger partial charge < -0.3 is 10.4 Å². The highest BCUT2D eigenvalue weighted by Crippen LogP contribution is 2.12. The van der Waals surface area contributed by atoms with Crippen LogP contribution < -0.4 is 11.1 Å². The van der Waals surface area contributed by atoms with Crippen molar-refractivity contribution in [3.8, 4) is 0 Å². The molecule has 1 fully saturated rings. The van der Waals surface area contributed by atoms with Crippen LogP contribution in [0.5, 0.6) is 0 Å². The summed E-state index contributed by atoms with van der Waals surface area (Å²) in [6.07, 6.45) is 1.56. The number of hydrogen-bond donors (Lipinski definition) is 3. The van der Waals surface area contributed by atoms with Gasteiger partial charge in [0.25, 0.3) is 0 Å². The predicted octanol–water partition coefficient (Wildman–Crippen LogP) is -0.703. The Kier molecular flexibility index (Phi) is 3.46. The Balaban J connectivity index is 2.41. The Morgan fingerprint density at radius 3 is 2.58 bits per heavy atom. The van der Waals surface area contributed by atoms with Crippen molar-refractivity contribution in [2.75, 3.05) is 26.2 Å². The highest BCUT2D eigenvalue weighted by molar-refractivity contribution is 4.77. The molecule has 0 aliphatic carbocycles. The van der Waals surface area contributed by atoms with Crippen LogP contribution in [0.15, 0.2) is 0 Å². The third-order valence-corrected chi connectivity index (χ3v) is 2.28. The molecule has 0 bridgehead atoms. The average molecular weight is 173 g/mol. The van der Waals surface area contributed by atoms with Crippen LogP contribution in [-0.2, 0) is 0 Å². The fraction of sp³-hybridized carbons (Fsp3) is 1.00. The van der Waals surface area contributed by atoms with Gasteiger partial charge in [0.2, 0.25) is 0 Å². The molecule has 0 radical (unpaired) electrons. The van der Waals surface area contributed by atoms with Crippen LogP contribution in [0.3, 0.4) is 0 Å². The van der Waals surface area contributed by atoms with Crippen molar-refractivity contribution < 1.29 is 5.11 Å². The van der Waals surface area contributed by atoms with Crippen molar-refractivity contribution in [3.05, 3.63) is 0 Å². The third-order valence-electron chi connectivity index (χ3n) is 2.28. The second-order valence-electron chi connectivity index (χ2n) is 3.37. The monoisotopic (exact) mass is 173 g/mol. The molecule has 0 aromatic rings. The molecule has 0 amide bonds. The van der Waals surface area contributed by atoms with Crippen LogP contribution in [0.2, 0.25) is 0 Å². The molecule has 0 saturated carbocycles. The van der Waals surface area contributed by atoms with Crippen LogP contribution in [0.25, 0.3) is 0 Å². The summed E-state index contributed by atoms with van der Waals surface area (Å²) in [4.78, 5) is 1.94. The zero-order valence-electron chi connectivity index (χ0n) is 7.71.